The second-order valence-corrected chi connectivity index (χ2v) is 5.84. The molecule has 3 rings (SSSR count). The molecule has 0 radical (unpaired) electrons. The molecule has 120 valence electrons. The van der Waals surface area contributed by atoms with E-state index in [1.807, 2.05) is 19.1 Å². The van der Waals surface area contributed by atoms with Crippen molar-refractivity contribution < 1.29 is 9.18 Å². The molecule has 1 heterocycles. The summed E-state index contributed by atoms with van der Waals surface area (Å²) in [7, 11) is 0. The van der Waals surface area contributed by atoms with E-state index in [2.05, 4.69) is 15.6 Å². The number of pyridine rings is 1. The van der Waals surface area contributed by atoms with E-state index < -0.39 is 0 Å². The lowest BCUT2D eigenvalue weighted by molar-refractivity contribution is 0.0953. The van der Waals surface area contributed by atoms with Crippen molar-refractivity contribution in [3.05, 3.63) is 59.5 Å². The van der Waals surface area contributed by atoms with Crippen LogP contribution in [-0.2, 0) is 0 Å². The summed E-state index contributed by atoms with van der Waals surface area (Å²) in [5, 5.41) is 6.15. The smallest absolute Gasteiger partial charge is 0.252 e. The zero-order valence-electron chi connectivity index (χ0n) is 13.1. The lowest BCUT2D eigenvalue weighted by Gasteiger charge is -2.07. The minimum Gasteiger partial charge on any atom is -0.367 e. The summed E-state index contributed by atoms with van der Waals surface area (Å²) in [6.07, 6.45) is 3.44. The normalized spacial score (nSPS) is 19.2. The Bertz CT molecular complexity index is 687. The van der Waals surface area contributed by atoms with E-state index in [9.17, 15) is 9.18 Å². The van der Waals surface area contributed by atoms with Gasteiger partial charge in [-0.25, -0.2) is 9.37 Å². The van der Waals surface area contributed by atoms with Gasteiger partial charge in [-0.2, -0.15) is 0 Å². The minimum atomic E-state index is -0.200. The van der Waals surface area contributed by atoms with Crippen LogP contribution in [0.25, 0.3) is 0 Å². The van der Waals surface area contributed by atoms with Crippen LogP contribution < -0.4 is 10.6 Å². The van der Waals surface area contributed by atoms with Gasteiger partial charge >= 0.3 is 0 Å². The number of nitrogens with zero attached hydrogens (tertiary/aromatic N) is 1. The van der Waals surface area contributed by atoms with E-state index >= 15 is 0 Å². The van der Waals surface area contributed by atoms with Gasteiger partial charge in [0.25, 0.3) is 5.91 Å². The van der Waals surface area contributed by atoms with Crippen LogP contribution in [0.1, 0.15) is 41.6 Å². The number of hydrogen-bond acceptors (Lipinski definition) is 3. The predicted octanol–water partition coefficient (Wildman–Crippen LogP) is 3.33. The lowest BCUT2D eigenvalue weighted by atomic mass is 10.1. The molecular weight excluding hydrogens is 293 g/mol. The first-order valence-electron chi connectivity index (χ1n) is 7.93. The zero-order valence-corrected chi connectivity index (χ0v) is 13.1. The van der Waals surface area contributed by atoms with Crippen molar-refractivity contribution in [3.8, 4) is 0 Å². The van der Waals surface area contributed by atoms with E-state index in [1.54, 1.807) is 24.4 Å². The Kier molecular flexibility index (Phi) is 4.55. The van der Waals surface area contributed by atoms with Crippen LogP contribution >= 0.6 is 0 Å². The third-order valence-electron chi connectivity index (χ3n) is 3.96. The first-order valence-corrected chi connectivity index (χ1v) is 7.93. The summed E-state index contributed by atoms with van der Waals surface area (Å²) in [4.78, 5) is 16.1. The van der Waals surface area contributed by atoms with Crippen molar-refractivity contribution in [3.63, 3.8) is 0 Å². The number of benzene rings is 1. The largest absolute Gasteiger partial charge is 0.367 e. The average molecular weight is 313 g/mol. The molecule has 0 spiro atoms. The summed E-state index contributed by atoms with van der Waals surface area (Å²) < 4.78 is 13.2. The minimum absolute atomic E-state index is 0.102. The highest BCUT2D eigenvalue weighted by Crippen LogP contribution is 2.42. The maximum absolute atomic E-state index is 13.2. The van der Waals surface area contributed by atoms with Gasteiger partial charge in [0.15, 0.2) is 0 Å². The van der Waals surface area contributed by atoms with Crippen molar-refractivity contribution in [2.75, 3.05) is 11.9 Å². The van der Waals surface area contributed by atoms with Gasteiger partial charge in [-0.3, -0.25) is 4.79 Å². The number of rotatable bonds is 6. The van der Waals surface area contributed by atoms with Gasteiger partial charge in [-0.05, 0) is 42.7 Å². The molecule has 0 saturated heterocycles. The van der Waals surface area contributed by atoms with Crippen molar-refractivity contribution in [1.82, 2.24) is 10.3 Å². The number of amides is 1. The summed E-state index contributed by atoms with van der Waals surface area (Å²) in [5.41, 5.74) is 1.57. The number of halogens is 1. The first kappa shape index (κ1) is 15.5. The van der Waals surface area contributed by atoms with Gasteiger partial charge in [0.1, 0.15) is 11.6 Å². The third-order valence-corrected chi connectivity index (χ3v) is 3.96. The van der Waals surface area contributed by atoms with Gasteiger partial charge in [-0.1, -0.05) is 19.1 Å². The van der Waals surface area contributed by atoms with Crippen molar-refractivity contribution in [2.45, 2.75) is 31.7 Å². The standard InChI is InChI=1S/C18H20FN3O/c1-2-8-20-18(23)13-6-7-17(21-11-13)22-16-10-15(16)12-4-3-5-14(19)9-12/h3-7,9,11,15-16H,2,8,10H2,1H3,(H,20,23)(H,21,22)/t15-,16+/m0/s1. The fraction of sp³-hybridized carbons (Fsp3) is 0.333. The molecule has 2 atom stereocenters. The fourth-order valence-electron chi connectivity index (χ4n) is 2.60. The molecule has 4 nitrogen and oxygen atoms in total. The van der Waals surface area contributed by atoms with E-state index in [0.717, 1.165) is 24.2 Å². The molecule has 1 aliphatic rings. The highest BCUT2D eigenvalue weighted by Gasteiger charge is 2.38. The Morgan fingerprint density at radius 2 is 2.22 bits per heavy atom. The molecule has 1 amide bonds. The summed E-state index contributed by atoms with van der Waals surface area (Å²) in [6, 6.07) is 10.6. The quantitative estimate of drug-likeness (QED) is 0.860. The van der Waals surface area contributed by atoms with Crippen LogP contribution in [0, 0.1) is 5.82 Å². The molecule has 1 aromatic heterocycles. The molecule has 2 aromatic rings. The molecule has 1 saturated carbocycles. The molecule has 1 aromatic carbocycles. The number of carbonyl (C=O) groups excluding carboxylic acids is 1. The average Bonchev–Trinajstić information content (AvgIpc) is 3.32. The van der Waals surface area contributed by atoms with Gasteiger partial charge < -0.3 is 10.6 Å². The maximum atomic E-state index is 13.2. The first-order chi connectivity index (χ1) is 11.2. The van der Waals surface area contributed by atoms with E-state index in [4.69, 9.17) is 0 Å². The third kappa shape index (κ3) is 3.86. The Hall–Kier alpha value is -2.43. The van der Waals surface area contributed by atoms with Crippen LogP contribution in [0.3, 0.4) is 0 Å². The van der Waals surface area contributed by atoms with Crippen molar-refractivity contribution in [1.29, 1.82) is 0 Å². The molecule has 0 aliphatic heterocycles. The fourth-order valence-corrected chi connectivity index (χ4v) is 2.60. The second kappa shape index (κ2) is 6.77. The molecule has 2 N–H and O–H groups in total. The Morgan fingerprint density at radius 3 is 2.91 bits per heavy atom. The van der Waals surface area contributed by atoms with Crippen LogP contribution in [0.15, 0.2) is 42.6 Å². The number of hydrogen-bond donors (Lipinski definition) is 2. The summed E-state index contributed by atoms with van der Waals surface area (Å²) in [6.45, 7) is 2.67. The van der Waals surface area contributed by atoms with Crippen molar-refractivity contribution >= 4 is 11.7 Å². The van der Waals surface area contributed by atoms with E-state index in [-0.39, 0.29) is 17.8 Å². The number of nitrogens with one attached hydrogen (secondary N) is 2. The summed E-state index contributed by atoms with van der Waals surface area (Å²) >= 11 is 0. The SMILES string of the molecule is CCCNC(=O)c1ccc(N[C@@H]2C[C@H]2c2cccc(F)c2)nc1. The topological polar surface area (TPSA) is 54.0 Å². The Labute approximate surface area is 135 Å². The predicted molar refractivity (Wildman–Crippen MR) is 88.0 cm³/mol. The highest BCUT2D eigenvalue weighted by atomic mass is 19.1. The van der Waals surface area contributed by atoms with Gasteiger partial charge in [0, 0.05) is 24.7 Å². The molecule has 1 aliphatic carbocycles. The van der Waals surface area contributed by atoms with Crippen molar-refractivity contribution in [2.24, 2.45) is 0 Å². The Morgan fingerprint density at radius 1 is 1.35 bits per heavy atom. The van der Waals surface area contributed by atoms with Crippen LogP contribution in [0.4, 0.5) is 10.2 Å². The summed E-state index contributed by atoms with van der Waals surface area (Å²) in [5.74, 6) is 0.754. The zero-order chi connectivity index (χ0) is 16.2. The van der Waals surface area contributed by atoms with Crippen LogP contribution in [0.2, 0.25) is 0 Å². The Balaban J connectivity index is 1.56. The number of anilines is 1. The number of aromatic nitrogens is 1. The second-order valence-electron chi connectivity index (χ2n) is 5.84. The van der Waals surface area contributed by atoms with E-state index in [1.165, 1.54) is 6.07 Å². The number of carbonyl (C=O) groups is 1. The van der Waals surface area contributed by atoms with Crippen LogP contribution in [-0.4, -0.2) is 23.5 Å². The monoisotopic (exact) mass is 313 g/mol. The van der Waals surface area contributed by atoms with Gasteiger partial charge in [-0.15, -0.1) is 0 Å². The van der Waals surface area contributed by atoms with Gasteiger partial charge in [0.05, 0.1) is 5.56 Å². The maximum Gasteiger partial charge on any atom is 0.252 e. The molecule has 1 fully saturated rings. The molecular formula is C18H20FN3O. The van der Waals surface area contributed by atoms with Gasteiger partial charge in [0.2, 0.25) is 0 Å². The lowest BCUT2D eigenvalue weighted by Crippen LogP contribution is -2.24. The molecule has 0 bridgehead atoms. The molecule has 5 heteroatoms. The van der Waals surface area contributed by atoms with E-state index in [0.29, 0.717) is 18.0 Å². The van der Waals surface area contributed by atoms with Crippen LogP contribution in [0.5, 0.6) is 0 Å². The molecule has 23 heavy (non-hydrogen) atoms. The molecule has 0 unspecified atom stereocenters. The highest BCUT2D eigenvalue weighted by molar-refractivity contribution is 5.94.